The molecule has 0 bridgehead atoms. The summed E-state index contributed by atoms with van der Waals surface area (Å²) in [6.07, 6.45) is 0.893. The lowest BCUT2D eigenvalue weighted by Gasteiger charge is -2.45. The Morgan fingerprint density at radius 3 is 2.50 bits per heavy atom. The van der Waals surface area contributed by atoms with Gasteiger partial charge in [-0.2, -0.15) is 5.10 Å². The Morgan fingerprint density at radius 1 is 1.25 bits per heavy atom. The van der Waals surface area contributed by atoms with Gasteiger partial charge in [-0.05, 0) is 50.0 Å². The third-order valence-corrected chi connectivity index (χ3v) is 11.6. The number of rotatable bonds is 9. The predicted molar refractivity (Wildman–Crippen MR) is 129 cm³/mol. The van der Waals surface area contributed by atoms with E-state index in [9.17, 15) is 9.59 Å². The Bertz CT molecular complexity index is 963. The first kappa shape index (κ1) is 24.4. The summed E-state index contributed by atoms with van der Waals surface area (Å²) >= 11 is 0. The molecule has 1 aromatic heterocycles. The van der Waals surface area contributed by atoms with Gasteiger partial charge in [0, 0.05) is 18.7 Å². The molecule has 1 aliphatic heterocycles. The molecule has 0 radical (unpaired) electrons. The molecule has 3 rings (SSSR count). The molecule has 174 valence electrons. The zero-order valence-corrected chi connectivity index (χ0v) is 21.4. The van der Waals surface area contributed by atoms with Crippen LogP contribution in [-0.4, -0.2) is 41.9 Å². The van der Waals surface area contributed by atoms with E-state index in [1.807, 2.05) is 42.8 Å². The highest BCUT2D eigenvalue weighted by atomic mass is 28.4. The van der Waals surface area contributed by atoms with Crippen molar-refractivity contribution >= 4 is 20.0 Å². The van der Waals surface area contributed by atoms with E-state index in [0.717, 1.165) is 18.7 Å². The number of carbonyl (C=O) groups excluding carboxylic acids is 2. The maximum atomic E-state index is 12.9. The first-order chi connectivity index (χ1) is 14.9. The van der Waals surface area contributed by atoms with E-state index in [0.29, 0.717) is 5.69 Å². The van der Waals surface area contributed by atoms with Gasteiger partial charge in [0.25, 0.3) is 0 Å². The zero-order valence-electron chi connectivity index (χ0n) is 20.4. The third-order valence-electron chi connectivity index (χ3n) is 6.98. The van der Waals surface area contributed by atoms with Gasteiger partial charge in [-0.25, -0.2) is 0 Å². The minimum Gasteiger partial charge on any atom is -0.413 e. The van der Waals surface area contributed by atoms with E-state index in [2.05, 4.69) is 56.4 Å². The summed E-state index contributed by atoms with van der Waals surface area (Å²) in [4.78, 5) is 25.3. The molecule has 1 N–H and O–H groups in total. The molecule has 6 nitrogen and oxygen atoms in total. The Morgan fingerprint density at radius 2 is 1.91 bits per heavy atom. The van der Waals surface area contributed by atoms with Crippen LogP contribution in [0.25, 0.3) is 0 Å². The molecule has 0 spiro atoms. The summed E-state index contributed by atoms with van der Waals surface area (Å²) in [6, 6.07) is 11.9. The minimum absolute atomic E-state index is 0.0291. The second-order valence-electron chi connectivity index (χ2n) is 10.5. The van der Waals surface area contributed by atoms with Gasteiger partial charge in [-0.15, -0.1) is 0 Å². The molecule has 1 fully saturated rings. The summed E-state index contributed by atoms with van der Waals surface area (Å²) in [6.45, 7) is 15.6. The normalized spacial score (nSPS) is 19.9. The topological polar surface area (TPSA) is 73.2 Å². The summed E-state index contributed by atoms with van der Waals surface area (Å²) in [7, 11) is -2.00. The number of aryl methyl sites for hydroxylation is 3. The van der Waals surface area contributed by atoms with Gasteiger partial charge in [0.05, 0.1) is 18.1 Å². The fraction of sp³-hybridized carbons (Fsp3) is 0.560. The maximum Gasteiger partial charge on any atom is 0.228 e. The molecule has 1 saturated heterocycles. The van der Waals surface area contributed by atoms with Crippen LogP contribution >= 0.6 is 0 Å². The van der Waals surface area contributed by atoms with Crippen molar-refractivity contribution < 1.29 is 14.0 Å². The Kier molecular flexibility index (Phi) is 7.10. The van der Waals surface area contributed by atoms with Gasteiger partial charge in [0.2, 0.25) is 5.91 Å². The molecule has 1 aromatic carbocycles. The molecule has 1 amide bonds. The van der Waals surface area contributed by atoms with Crippen LogP contribution in [0.4, 0.5) is 0 Å². The fourth-order valence-electron chi connectivity index (χ4n) is 3.95. The predicted octanol–water partition coefficient (Wildman–Crippen LogP) is 4.53. The highest BCUT2D eigenvalue weighted by molar-refractivity contribution is 6.74. The monoisotopic (exact) mass is 455 g/mol. The minimum atomic E-state index is -2.00. The van der Waals surface area contributed by atoms with Crippen LogP contribution in [0.15, 0.2) is 36.4 Å². The summed E-state index contributed by atoms with van der Waals surface area (Å²) in [5.41, 5.74) is 2.67. The van der Waals surface area contributed by atoms with Crippen LogP contribution in [0.1, 0.15) is 55.9 Å². The SMILES string of the molecule is Cc1cc(C(=O)C[C@H]2NC(=O)[C@@H]2[C@@H](C)O[Si](C)(C)C(C)(C)C)nn1CCc1ccccc1. The standard InChI is InChI=1S/C25H37N3O3Si/c1-17-15-20(27-28(17)14-13-19-11-9-8-10-12-19)22(29)16-21-23(24(30)26-21)18(2)31-32(6,7)25(3,4)5/h8-12,15,18,21,23H,13-14,16H2,1-7H3,(H,26,30)/t18-,21-,23-/m1/s1. The highest BCUT2D eigenvalue weighted by Gasteiger charge is 2.48. The summed E-state index contributed by atoms with van der Waals surface area (Å²) in [5.74, 6) is -0.367. The van der Waals surface area contributed by atoms with Gasteiger partial charge < -0.3 is 9.74 Å². The van der Waals surface area contributed by atoms with Crippen LogP contribution in [0, 0.1) is 12.8 Å². The summed E-state index contributed by atoms with van der Waals surface area (Å²) in [5, 5.41) is 7.52. The van der Waals surface area contributed by atoms with E-state index in [1.165, 1.54) is 5.56 Å². The van der Waals surface area contributed by atoms with Gasteiger partial charge in [0.1, 0.15) is 5.69 Å². The van der Waals surface area contributed by atoms with Crippen LogP contribution < -0.4 is 5.32 Å². The van der Waals surface area contributed by atoms with Crippen molar-refractivity contribution in [3.63, 3.8) is 0 Å². The average molecular weight is 456 g/mol. The zero-order chi connectivity index (χ0) is 23.7. The van der Waals surface area contributed by atoms with Crippen molar-refractivity contribution in [1.82, 2.24) is 15.1 Å². The lowest BCUT2D eigenvalue weighted by Crippen LogP contribution is -2.64. The summed E-state index contributed by atoms with van der Waals surface area (Å²) < 4.78 is 8.33. The van der Waals surface area contributed by atoms with Gasteiger partial charge >= 0.3 is 0 Å². The number of nitrogens with zero attached hydrogens (tertiary/aromatic N) is 2. The van der Waals surface area contributed by atoms with E-state index >= 15 is 0 Å². The number of hydrogen-bond donors (Lipinski definition) is 1. The number of β-lactam (4-membered cyclic amide) rings is 1. The van der Waals surface area contributed by atoms with Crippen LogP contribution in [0.3, 0.4) is 0 Å². The number of aromatic nitrogens is 2. The molecule has 0 saturated carbocycles. The molecule has 32 heavy (non-hydrogen) atoms. The molecule has 1 aliphatic rings. The number of carbonyl (C=O) groups is 2. The van der Waals surface area contributed by atoms with Gasteiger partial charge in [0.15, 0.2) is 14.1 Å². The van der Waals surface area contributed by atoms with E-state index in [4.69, 9.17) is 4.43 Å². The van der Waals surface area contributed by atoms with Crippen molar-refractivity contribution in [2.75, 3.05) is 0 Å². The van der Waals surface area contributed by atoms with Crippen molar-refractivity contribution in [1.29, 1.82) is 0 Å². The van der Waals surface area contributed by atoms with Crippen molar-refractivity contribution in [3.8, 4) is 0 Å². The molecule has 0 aliphatic carbocycles. The van der Waals surface area contributed by atoms with Gasteiger partial charge in [-0.1, -0.05) is 51.1 Å². The number of nitrogens with one attached hydrogen (secondary N) is 1. The second kappa shape index (κ2) is 9.31. The molecule has 7 heteroatoms. The van der Waals surface area contributed by atoms with E-state index < -0.39 is 8.32 Å². The second-order valence-corrected chi connectivity index (χ2v) is 15.2. The maximum absolute atomic E-state index is 12.9. The third kappa shape index (κ3) is 5.38. The van der Waals surface area contributed by atoms with Crippen LogP contribution in [-0.2, 0) is 22.2 Å². The first-order valence-corrected chi connectivity index (χ1v) is 14.4. The Balaban J connectivity index is 1.61. The lowest BCUT2D eigenvalue weighted by atomic mass is 9.83. The van der Waals surface area contributed by atoms with Crippen molar-refractivity contribution in [3.05, 3.63) is 53.3 Å². The Labute approximate surface area is 192 Å². The largest absolute Gasteiger partial charge is 0.413 e. The molecule has 2 heterocycles. The molecule has 3 atom stereocenters. The van der Waals surface area contributed by atoms with Crippen LogP contribution in [0.5, 0.6) is 0 Å². The smallest absolute Gasteiger partial charge is 0.228 e. The highest BCUT2D eigenvalue weighted by Crippen LogP contribution is 2.39. The number of hydrogen-bond acceptors (Lipinski definition) is 4. The lowest BCUT2D eigenvalue weighted by molar-refractivity contribution is -0.139. The number of benzene rings is 1. The molecule has 0 unspecified atom stereocenters. The Hall–Kier alpha value is -2.25. The number of ketones is 1. The van der Waals surface area contributed by atoms with Gasteiger partial charge in [-0.3, -0.25) is 14.3 Å². The van der Waals surface area contributed by atoms with Crippen LogP contribution in [0.2, 0.25) is 18.1 Å². The fourth-order valence-corrected chi connectivity index (χ4v) is 5.37. The number of amides is 1. The molecular formula is C25H37N3O3Si. The van der Waals surface area contributed by atoms with E-state index in [1.54, 1.807) is 0 Å². The van der Waals surface area contributed by atoms with Crippen molar-refractivity contribution in [2.24, 2.45) is 5.92 Å². The average Bonchev–Trinajstić information content (AvgIpc) is 3.06. The number of Topliss-reactive ketones (excluding diaryl/α,β-unsaturated/α-hetero) is 1. The molecule has 2 aromatic rings. The quantitative estimate of drug-likeness (QED) is 0.342. The first-order valence-electron chi connectivity index (χ1n) is 11.5. The van der Waals surface area contributed by atoms with E-state index in [-0.39, 0.29) is 41.2 Å². The molecular weight excluding hydrogens is 418 g/mol. The van der Waals surface area contributed by atoms with Crippen molar-refractivity contribution in [2.45, 2.75) is 84.3 Å².